The molecule has 1 atom stereocenters. The van der Waals surface area contributed by atoms with Crippen LogP contribution in [0.25, 0.3) is 11.4 Å². The number of hydrogen-bond acceptors (Lipinski definition) is 5. The summed E-state index contributed by atoms with van der Waals surface area (Å²) in [6.45, 7) is 0.773. The van der Waals surface area contributed by atoms with E-state index in [1.54, 1.807) is 12.4 Å². The SMILES string of the molecule is c1cncc(-c2noc([C@H]3CCCO3)n2)c1. The predicted molar refractivity (Wildman–Crippen MR) is 55.5 cm³/mol. The zero-order valence-corrected chi connectivity index (χ0v) is 8.67. The van der Waals surface area contributed by atoms with E-state index in [9.17, 15) is 0 Å². The Morgan fingerprint density at radius 3 is 3.12 bits per heavy atom. The monoisotopic (exact) mass is 217 g/mol. The lowest BCUT2D eigenvalue weighted by molar-refractivity contribution is 0.0835. The molecule has 5 nitrogen and oxygen atoms in total. The summed E-state index contributed by atoms with van der Waals surface area (Å²) in [6, 6.07) is 3.74. The number of rotatable bonds is 2. The Kier molecular flexibility index (Phi) is 2.38. The highest BCUT2D eigenvalue weighted by molar-refractivity contribution is 5.51. The van der Waals surface area contributed by atoms with Gasteiger partial charge in [-0.3, -0.25) is 4.98 Å². The quantitative estimate of drug-likeness (QED) is 0.769. The van der Waals surface area contributed by atoms with Crippen LogP contribution in [0.3, 0.4) is 0 Å². The molecule has 16 heavy (non-hydrogen) atoms. The fourth-order valence-electron chi connectivity index (χ4n) is 1.75. The first-order valence-electron chi connectivity index (χ1n) is 5.29. The van der Waals surface area contributed by atoms with Gasteiger partial charge in [-0.2, -0.15) is 4.98 Å². The van der Waals surface area contributed by atoms with Gasteiger partial charge in [0.1, 0.15) is 6.10 Å². The van der Waals surface area contributed by atoms with Gasteiger partial charge in [0.25, 0.3) is 5.89 Å². The van der Waals surface area contributed by atoms with E-state index in [2.05, 4.69) is 15.1 Å². The van der Waals surface area contributed by atoms with Gasteiger partial charge in [0, 0.05) is 24.6 Å². The number of ether oxygens (including phenoxy) is 1. The van der Waals surface area contributed by atoms with Crippen LogP contribution in [0.2, 0.25) is 0 Å². The molecule has 1 aliphatic rings. The Balaban J connectivity index is 1.87. The molecular formula is C11H11N3O2. The lowest BCUT2D eigenvalue weighted by Crippen LogP contribution is -1.95. The zero-order chi connectivity index (χ0) is 10.8. The van der Waals surface area contributed by atoms with Crippen molar-refractivity contribution < 1.29 is 9.26 Å². The average molecular weight is 217 g/mol. The van der Waals surface area contributed by atoms with E-state index in [1.807, 2.05) is 12.1 Å². The molecule has 0 aromatic carbocycles. The van der Waals surface area contributed by atoms with Crippen LogP contribution in [0.15, 0.2) is 29.0 Å². The van der Waals surface area contributed by atoms with Gasteiger partial charge in [0.15, 0.2) is 0 Å². The molecule has 82 valence electrons. The molecule has 2 aromatic heterocycles. The first kappa shape index (κ1) is 9.47. The van der Waals surface area contributed by atoms with Crippen LogP contribution in [0.4, 0.5) is 0 Å². The van der Waals surface area contributed by atoms with Crippen molar-refractivity contribution in [2.75, 3.05) is 6.61 Å². The van der Waals surface area contributed by atoms with Crippen LogP contribution in [0, 0.1) is 0 Å². The van der Waals surface area contributed by atoms with Gasteiger partial charge in [-0.05, 0) is 25.0 Å². The fourth-order valence-corrected chi connectivity index (χ4v) is 1.75. The maximum Gasteiger partial charge on any atom is 0.256 e. The summed E-state index contributed by atoms with van der Waals surface area (Å²) in [5.74, 6) is 1.13. The van der Waals surface area contributed by atoms with Crippen molar-refractivity contribution in [3.8, 4) is 11.4 Å². The fraction of sp³-hybridized carbons (Fsp3) is 0.364. The summed E-state index contributed by atoms with van der Waals surface area (Å²) in [7, 11) is 0. The molecule has 1 fully saturated rings. The highest BCUT2D eigenvalue weighted by atomic mass is 16.5. The summed E-state index contributed by atoms with van der Waals surface area (Å²) < 4.78 is 10.7. The van der Waals surface area contributed by atoms with E-state index in [1.165, 1.54) is 0 Å². The van der Waals surface area contributed by atoms with E-state index in [0.29, 0.717) is 11.7 Å². The summed E-state index contributed by atoms with van der Waals surface area (Å²) in [6.07, 6.45) is 5.40. The maximum absolute atomic E-state index is 5.48. The maximum atomic E-state index is 5.48. The molecule has 0 aliphatic carbocycles. The van der Waals surface area contributed by atoms with Crippen molar-refractivity contribution in [2.45, 2.75) is 18.9 Å². The molecule has 0 radical (unpaired) electrons. The smallest absolute Gasteiger partial charge is 0.256 e. The van der Waals surface area contributed by atoms with Gasteiger partial charge in [0.05, 0.1) is 0 Å². The summed E-state index contributed by atoms with van der Waals surface area (Å²) in [5.41, 5.74) is 0.857. The minimum Gasteiger partial charge on any atom is -0.368 e. The lowest BCUT2D eigenvalue weighted by atomic mass is 10.2. The molecule has 3 rings (SSSR count). The second-order valence-electron chi connectivity index (χ2n) is 3.70. The van der Waals surface area contributed by atoms with Gasteiger partial charge in [-0.25, -0.2) is 0 Å². The molecule has 1 aliphatic heterocycles. The van der Waals surface area contributed by atoms with E-state index in [-0.39, 0.29) is 6.10 Å². The van der Waals surface area contributed by atoms with Crippen LogP contribution in [-0.2, 0) is 4.74 Å². The number of aromatic nitrogens is 3. The molecular weight excluding hydrogens is 206 g/mol. The van der Waals surface area contributed by atoms with Crippen molar-refractivity contribution in [1.82, 2.24) is 15.1 Å². The second kappa shape index (κ2) is 4.02. The Hall–Kier alpha value is -1.75. The third-order valence-corrected chi connectivity index (χ3v) is 2.57. The Morgan fingerprint density at radius 2 is 2.38 bits per heavy atom. The standard InChI is InChI=1S/C11H11N3O2/c1-3-8(7-12-5-1)10-13-11(16-14-10)9-4-2-6-15-9/h1,3,5,7,9H,2,4,6H2/t9-/m1/s1. The summed E-state index contributed by atoms with van der Waals surface area (Å²) >= 11 is 0. The molecule has 0 bridgehead atoms. The van der Waals surface area contributed by atoms with Crippen molar-refractivity contribution in [1.29, 1.82) is 0 Å². The number of nitrogens with zero attached hydrogens (tertiary/aromatic N) is 3. The zero-order valence-electron chi connectivity index (χ0n) is 8.67. The van der Waals surface area contributed by atoms with E-state index < -0.39 is 0 Å². The second-order valence-corrected chi connectivity index (χ2v) is 3.70. The van der Waals surface area contributed by atoms with Gasteiger partial charge in [0.2, 0.25) is 5.82 Å². The third-order valence-electron chi connectivity index (χ3n) is 2.57. The van der Waals surface area contributed by atoms with Crippen LogP contribution in [-0.4, -0.2) is 21.7 Å². The Labute approximate surface area is 92.5 Å². The van der Waals surface area contributed by atoms with Crippen LogP contribution >= 0.6 is 0 Å². The molecule has 0 amide bonds. The summed E-state index contributed by atoms with van der Waals surface area (Å²) in [4.78, 5) is 8.33. The first-order valence-corrected chi connectivity index (χ1v) is 5.29. The minimum absolute atomic E-state index is 0.0297. The average Bonchev–Trinajstić information content (AvgIpc) is 3.01. The van der Waals surface area contributed by atoms with Crippen LogP contribution < -0.4 is 0 Å². The largest absolute Gasteiger partial charge is 0.368 e. The number of hydrogen-bond donors (Lipinski definition) is 0. The Morgan fingerprint density at radius 1 is 1.38 bits per heavy atom. The normalized spacial score (nSPS) is 20.1. The van der Waals surface area contributed by atoms with Crippen molar-refractivity contribution in [3.63, 3.8) is 0 Å². The third kappa shape index (κ3) is 1.69. The van der Waals surface area contributed by atoms with E-state index in [0.717, 1.165) is 25.0 Å². The van der Waals surface area contributed by atoms with Crippen molar-refractivity contribution in [3.05, 3.63) is 30.4 Å². The van der Waals surface area contributed by atoms with Gasteiger partial charge in [-0.1, -0.05) is 5.16 Å². The van der Waals surface area contributed by atoms with E-state index >= 15 is 0 Å². The van der Waals surface area contributed by atoms with Crippen LogP contribution in [0.5, 0.6) is 0 Å². The van der Waals surface area contributed by atoms with E-state index in [4.69, 9.17) is 9.26 Å². The highest BCUT2D eigenvalue weighted by Gasteiger charge is 2.24. The molecule has 2 aromatic rings. The topological polar surface area (TPSA) is 61.0 Å². The van der Waals surface area contributed by atoms with Crippen molar-refractivity contribution in [2.24, 2.45) is 0 Å². The predicted octanol–water partition coefficient (Wildman–Crippen LogP) is 1.98. The van der Waals surface area contributed by atoms with Gasteiger partial charge >= 0.3 is 0 Å². The molecule has 0 unspecified atom stereocenters. The summed E-state index contributed by atoms with van der Waals surface area (Å²) in [5, 5.41) is 3.92. The van der Waals surface area contributed by atoms with Crippen molar-refractivity contribution >= 4 is 0 Å². The molecule has 0 spiro atoms. The molecule has 0 N–H and O–H groups in total. The first-order chi connectivity index (χ1) is 7.93. The molecule has 5 heteroatoms. The lowest BCUT2D eigenvalue weighted by Gasteiger charge is -2.00. The highest BCUT2D eigenvalue weighted by Crippen LogP contribution is 2.28. The molecule has 0 saturated carbocycles. The Bertz CT molecular complexity index is 463. The number of pyridine rings is 1. The van der Waals surface area contributed by atoms with Gasteiger partial charge in [-0.15, -0.1) is 0 Å². The molecule has 3 heterocycles. The minimum atomic E-state index is -0.0297. The van der Waals surface area contributed by atoms with Gasteiger partial charge < -0.3 is 9.26 Å². The van der Waals surface area contributed by atoms with Crippen LogP contribution in [0.1, 0.15) is 24.8 Å². The molecule has 1 saturated heterocycles.